The molecule has 2 aromatic rings. The van der Waals surface area contributed by atoms with Crippen LogP contribution in [0.2, 0.25) is 0 Å². The SMILES string of the molecule is CNC(=O)c1ccc(NC(=O)COC(=O)CNC(=O)c2ccccc2OC)cc1. The molecule has 0 unspecified atom stereocenters. The van der Waals surface area contributed by atoms with Gasteiger partial charge in [0.05, 0.1) is 12.7 Å². The Morgan fingerprint density at radius 1 is 0.931 bits per heavy atom. The first-order valence-electron chi connectivity index (χ1n) is 8.63. The Morgan fingerprint density at radius 2 is 1.62 bits per heavy atom. The van der Waals surface area contributed by atoms with Gasteiger partial charge < -0.3 is 25.4 Å². The monoisotopic (exact) mass is 399 g/mol. The van der Waals surface area contributed by atoms with Crippen molar-refractivity contribution in [3.05, 3.63) is 59.7 Å². The second-order valence-electron chi connectivity index (χ2n) is 5.75. The van der Waals surface area contributed by atoms with E-state index in [0.717, 1.165) is 0 Å². The molecular formula is C20H21N3O6. The number of nitrogens with one attached hydrogen (secondary N) is 3. The predicted octanol–water partition coefficient (Wildman–Crippen LogP) is 0.967. The van der Waals surface area contributed by atoms with E-state index in [0.29, 0.717) is 17.0 Å². The molecule has 0 aromatic heterocycles. The van der Waals surface area contributed by atoms with Gasteiger partial charge in [-0.2, -0.15) is 0 Å². The lowest BCUT2D eigenvalue weighted by molar-refractivity contribution is -0.146. The van der Waals surface area contributed by atoms with Crippen LogP contribution >= 0.6 is 0 Å². The van der Waals surface area contributed by atoms with E-state index < -0.39 is 30.9 Å². The van der Waals surface area contributed by atoms with E-state index in [1.165, 1.54) is 14.2 Å². The van der Waals surface area contributed by atoms with Crippen molar-refractivity contribution in [2.24, 2.45) is 0 Å². The van der Waals surface area contributed by atoms with Gasteiger partial charge in [0.25, 0.3) is 17.7 Å². The van der Waals surface area contributed by atoms with Gasteiger partial charge in [-0.05, 0) is 36.4 Å². The van der Waals surface area contributed by atoms with E-state index in [2.05, 4.69) is 16.0 Å². The molecule has 2 aromatic carbocycles. The van der Waals surface area contributed by atoms with Crippen molar-refractivity contribution >= 4 is 29.4 Å². The van der Waals surface area contributed by atoms with Gasteiger partial charge in [-0.1, -0.05) is 12.1 Å². The maximum absolute atomic E-state index is 12.1. The molecule has 0 aliphatic carbocycles. The van der Waals surface area contributed by atoms with Crippen molar-refractivity contribution in [3.63, 3.8) is 0 Å². The number of hydrogen-bond donors (Lipinski definition) is 3. The largest absolute Gasteiger partial charge is 0.496 e. The van der Waals surface area contributed by atoms with Gasteiger partial charge in [0.1, 0.15) is 12.3 Å². The fourth-order valence-corrected chi connectivity index (χ4v) is 2.32. The fourth-order valence-electron chi connectivity index (χ4n) is 2.32. The first kappa shape index (κ1) is 21.4. The summed E-state index contributed by atoms with van der Waals surface area (Å²) in [4.78, 5) is 47.2. The summed E-state index contributed by atoms with van der Waals surface area (Å²) in [6.07, 6.45) is 0. The number of ether oxygens (including phenoxy) is 2. The highest BCUT2D eigenvalue weighted by Crippen LogP contribution is 2.16. The molecule has 3 N–H and O–H groups in total. The molecule has 0 bridgehead atoms. The molecule has 0 atom stereocenters. The van der Waals surface area contributed by atoms with Gasteiger partial charge in [0.15, 0.2) is 6.61 Å². The number of methoxy groups -OCH3 is 1. The van der Waals surface area contributed by atoms with Gasteiger partial charge in [0, 0.05) is 18.3 Å². The number of benzene rings is 2. The second-order valence-corrected chi connectivity index (χ2v) is 5.75. The number of amides is 3. The van der Waals surface area contributed by atoms with E-state index in [9.17, 15) is 19.2 Å². The highest BCUT2D eigenvalue weighted by Gasteiger charge is 2.14. The Labute approximate surface area is 167 Å². The van der Waals surface area contributed by atoms with Crippen LogP contribution in [0.5, 0.6) is 5.75 Å². The molecule has 0 aliphatic rings. The molecule has 0 saturated carbocycles. The van der Waals surface area contributed by atoms with Gasteiger partial charge in [0.2, 0.25) is 0 Å². The molecule has 29 heavy (non-hydrogen) atoms. The average molecular weight is 399 g/mol. The van der Waals surface area contributed by atoms with Crippen molar-refractivity contribution < 1.29 is 28.7 Å². The zero-order chi connectivity index (χ0) is 21.2. The van der Waals surface area contributed by atoms with Crippen LogP contribution in [0, 0.1) is 0 Å². The molecule has 3 amide bonds. The minimum Gasteiger partial charge on any atom is -0.496 e. The predicted molar refractivity (Wildman–Crippen MR) is 105 cm³/mol. The lowest BCUT2D eigenvalue weighted by Gasteiger charge is -2.09. The number of carbonyl (C=O) groups excluding carboxylic acids is 4. The Morgan fingerprint density at radius 3 is 2.28 bits per heavy atom. The zero-order valence-corrected chi connectivity index (χ0v) is 16.0. The third kappa shape index (κ3) is 6.35. The maximum Gasteiger partial charge on any atom is 0.325 e. The van der Waals surface area contributed by atoms with Crippen LogP contribution in [-0.4, -0.2) is 51.0 Å². The first-order chi connectivity index (χ1) is 13.9. The molecule has 9 heteroatoms. The summed E-state index contributed by atoms with van der Waals surface area (Å²) >= 11 is 0. The third-order valence-electron chi connectivity index (χ3n) is 3.77. The van der Waals surface area contributed by atoms with Gasteiger partial charge in [-0.25, -0.2) is 0 Å². The molecule has 152 valence electrons. The van der Waals surface area contributed by atoms with Crippen LogP contribution in [0.15, 0.2) is 48.5 Å². The maximum atomic E-state index is 12.1. The quantitative estimate of drug-likeness (QED) is 0.569. The Hall–Kier alpha value is -3.88. The standard InChI is InChI=1S/C20H21N3O6/c1-21-19(26)13-7-9-14(10-8-13)23-17(24)12-29-18(25)11-22-20(27)15-5-3-4-6-16(15)28-2/h3-10H,11-12H2,1-2H3,(H,21,26)(H,22,27)(H,23,24). The van der Waals surface area contributed by atoms with E-state index in [-0.39, 0.29) is 11.5 Å². The van der Waals surface area contributed by atoms with Gasteiger partial charge >= 0.3 is 5.97 Å². The van der Waals surface area contributed by atoms with Crippen molar-refractivity contribution in [2.75, 3.05) is 32.6 Å². The van der Waals surface area contributed by atoms with E-state index in [1.807, 2.05) is 0 Å². The van der Waals surface area contributed by atoms with E-state index in [1.54, 1.807) is 48.5 Å². The molecule has 0 heterocycles. The highest BCUT2D eigenvalue weighted by molar-refractivity contribution is 5.99. The van der Waals surface area contributed by atoms with Crippen LogP contribution in [0.25, 0.3) is 0 Å². The molecule has 0 saturated heterocycles. The summed E-state index contributed by atoms with van der Waals surface area (Å²) < 4.78 is 9.92. The summed E-state index contributed by atoms with van der Waals surface area (Å²) in [6, 6.07) is 12.8. The van der Waals surface area contributed by atoms with E-state index >= 15 is 0 Å². The number of para-hydroxylation sites is 1. The first-order valence-corrected chi connectivity index (χ1v) is 8.63. The highest BCUT2D eigenvalue weighted by atomic mass is 16.5. The summed E-state index contributed by atoms with van der Waals surface area (Å²) in [5.41, 5.74) is 1.17. The molecule has 2 rings (SSSR count). The minimum absolute atomic E-state index is 0.244. The average Bonchev–Trinajstić information content (AvgIpc) is 2.75. The molecular weight excluding hydrogens is 378 g/mol. The van der Waals surface area contributed by atoms with Crippen LogP contribution in [-0.2, 0) is 14.3 Å². The smallest absolute Gasteiger partial charge is 0.325 e. The van der Waals surface area contributed by atoms with Crippen molar-refractivity contribution in [2.45, 2.75) is 0 Å². The normalized spacial score (nSPS) is 9.86. The van der Waals surface area contributed by atoms with Crippen LogP contribution in [0.3, 0.4) is 0 Å². The van der Waals surface area contributed by atoms with Crippen molar-refractivity contribution in [1.29, 1.82) is 0 Å². The Bertz CT molecular complexity index is 895. The minimum atomic E-state index is -0.765. The van der Waals surface area contributed by atoms with Crippen molar-refractivity contribution in [3.8, 4) is 5.75 Å². The Kier molecular flexibility index (Phi) is 7.72. The number of hydrogen-bond acceptors (Lipinski definition) is 6. The molecule has 0 aliphatic heterocycles. The lowest BCUT2D eigenvalue weighted by atomic mass is 10.2. The lowest BCUT2D eigenvalue weighted by Crippen LogP contribution is -2.32. The summed E-state index contributed by atoms with van der Waals surface area (Å²) in [6.45, 7) is -0.911. The molecule has 0 spiro atoms. The second kappa shape index (κ2) is 10.5. The Balaban J connectivity index is 1.76. The van der Waals surface area contributed by atoms with Crippen LogP contribution in [0.4, 0.5) is 5.69 Å². The number of rotatable bonds is 8. The number of esters is 1. The number of anilines is 1. The van der Waals surface area contributed by atoms with Crippen molar-refractivity contribution in [1.82, 2.24) is 10.6 Å². The van der Waals surface area contributed by atoms with Gasteiger partial charge in [-0.3, -0.25) is 19.2 Å². The number of carbonyl (C=O) groups is 4. The van der Waals surface area contributed by atoms with Crippen LogP contribution in [0.1, 0.15) is 20.7 Å². The molecule has 0 radical (unpaired) electrons. The van der Waals surface area contributed by atoms with Gasteiger partial charge in [-0.15, -0.1) is 0 Å². The third-order valence-corrected chi connectivity index (χ3v) is 3.77. The fraction of sp³-hybridized carbons (Fsp3) is 0.200. The zero-order valence-electron chi connectivity index (χ0n) is 16.0. The summed E-state index contributed by atoms with van der Waals surface area (Å²) in [7, 11) is 2.95. The van der Waals surface area contributed by atoms with Crippen LogP contribution < -0.4 is 20.7 Å². The summed E-state index contributed by atoms with van der Waals surface area (Å²) in [5.74, 6) is -1.69. The molecule has 0 fully saturated rings. The topological polar surface area (TPSA) is 123 Å². The van der Waals surface area contributed by atoms with E-state index in [4.69, 9.17) is 9.47 Å². The summed E-state index contributed by atoms with van der Waals surface area (Å²) in [5, 5.41) is 7.43. The molecule has 9 nitrogen and oxygen atoms in total.